The summed E-state index contributed by atoms with van der Waals surface area (Å²) in [7, 11) is 4.33. The van der Waals surface area contributed by atoms with Crippen molar-refractivity contribution < 1.29 is 9.53 Å². The molecule has 2 heterocycles. The van der Waals surface area contributed by atoms with Gasteiger partial charge in [0.05, 0.1) is 6.17 Å². The SMILES string of the molecule is Cc1cc2c(cc1OC(=O)Nc1ccccc1)[C@]1(C)CCN(C)C1N2C. The highest BCUT2D eigenvalue weighted by Gasteiger charge is 2.52. The van der Waals surface area contributed by atoms with E-state index in [9.17, 15) is 4.79 Å². The number of aryl methyl sites for hydroxylation is 1. The van der Waals surface area contributed by atoms with E-state index in [2.05, 4.69) is 48.3 Å². The minimum absolute atomic E-state index is 0.0561. The summed E-state index contributed by atoms with van der Waals surface area (Å²) >= 11 is 0. The zero-order chi connectivity index (χ0) is 18.5. The van der Waals surface area contributed by atoms with Gasteiger partial charge in [0, 0.05) is 30.4 Å². The Kier molecular flexibility index (Phi) is 3.92. The van der Waals surface area contributed by atoms with Crippen LogP contribution >= 0.6 is 0 Å². The number of ether oxygens (including phenoxy) is 1. The monoisotopic (exact) mass is 351 g/mol. The summed E-state index contributed by atoms with van der Waals surface area (Å²) < 4.78 is 5.65. The van der Waals surface area contributed by atoms with Crippen LogP contribution in [0.1, 0.15) is 24.5 Å². The number of hydrogen-bond acceptors (Lipinski definition) is 4. The van der Waals surface area contributed by atoms with Gasteiger partial charge in [0.25, 0.3) is 0 Å². The lowest BCUT2D eigenvalue weighted by molar-refractivity contribution is 0.214. The van der Waals surface area contributed by atoms with Gasteiger partial charge in [-0.3, -0.25) is 10.2 Å². The molecule has 1 saturated heterocycles. The van der Waals surface area contributed by atoms with E-state index >= 15 is 0 Å². The molecule has 0 spiro atoms. The van der Waals surface area contributed by atoms with Crippen LogP contribution in [-0.4, -0.2) is 37.8 Å². The minimum atomic E-state index is -0.462. The number of para-hydroxylation sites is 1. The topological polar surface area (TPSA) is 44.8 Å². The Hall–Kier alpha value is -2.53. The number of hydrogen-bond donors (Lipinski definition) is 1. The van der Waals surface area contributed by atoms with E-state index in [0.29, 0.717) is 11.9 Å². The molecule has 2 atom stereocenters. The smallest absolute Gasteiger partial charge is 0.410 e. The number of likely N-dealkylation sites (N-methyl/N-ethyl adjacent to an activating group) is 2. The summed E-state index contributed by atoms with van der Waals surface area (Å²) in [6, 6.07) is 13.5. The number of carbonyl (C=O) groups excluding carboxylic acids is 1. The number of anilines is 2. The lowest BCUT2D eigenvalue weighted by Crippen LogP contribution is -2.45. The van der Waals surface area contributed by atoms with Crippen molar-refractivity contribution in [2.75, 3.05) is 30.9 Å². The number of nitrogens with zero attached hydrogens (tertiary/aromatic N) is 2. The maximum atomic E-state index is 12.3. The molecule has 5 nitrogen and oxygen atoms in total. The predicted octanol–water partition coefficient (Wildman–Crippen LogP) is 3.98. The predicted molar refractivity (Wildman–Crippen MR) is 104 cm³/mol. The first-order chi connectivity index (χ1) is 12.4. The van der Waals surface area contributed by atoms with E-state index in [4.69, 9.17) is 4.74 Å². The molecule has 136 valence electrons. The molecule has 1 amide bonds. The van der Waals surface area contributed by atoms with Gasteiger partial charge in [-0.2, -0.15) is 0 Å². The summed E-state index contributed by atoms with van der Waals surface area (Å²) in [6.45, 7) is 5.37. The highest BCUT2D eigenvalue weighted by molar-refractivity contribution is 5.86. The number of nitrogens with one attached hydrogen (secondary N) is 1. The minimum Gasteiger partial charge on any atom is -0.410 e. The number of rotatable bonds is 2. The summed E-state index contributed by atoms with van der Waals surface area (Å²) in [5.41, 5.74) is 4.24. The molecule has 4 rings (SSSR count). The molecule has 1 N–H and O–H groups in total. The summed E-state index contributed by atoms with van der Waals surface area (Å²) in [6.07, 6.45) is 0.991. The van der Waals surface area contributed by atoms with Crippen molar-refractivity contribution in [1.29, 1.82) is 0 Å². The molecule has 0 aliphatic carbocycles. The first-order valence-corrected chi connectivity index (χ1v) is 9.02. The van der Waals surface area contributed by atoms with Crippen molar-refractivity contribution in [3.05, 3.63) is 53.6 Å². The second kappa shape index (κ2) is 6.02. The zero-order valence-electron chi connectivity index (χ0n) is 15.7. The second-order valence-electron chi connectivity index (χ2n) is 7.65. The Morgan fingerprint density at radius 1 is 1.23 bits per heavy atom. The van der Waals surface area contributed by atoms with E-state index < -0.39 is 6.09 Å². The summed E-state index contributed by atoms with van der Waals surface area (Å²) in [4.78, 5) is 17.1. The van der Waals surface area contributed by atoms with Gasteiger partial charge in [-0.1, -0.05) is 25.1 Å². The van der Waals surface area contributed by atoms with Crippen LogP contribution in [0.25, 0.3) is 0 Å². The molecule has 0 aromatic heterocycles. The Balaban J connectivity index is 1.62. The van der Waals surface area contributed by atoms with Crippen LogP contribution in [0.4, 0.5) is 16.2 Å². The lowest BCUT2D eigenvalue weighted by atomic mass is 9.81. The molecule has 0 radical (unpaired) electrons. The highest BCUT2D eigenvalue weighted by Crippen LogP contribution is 2.52. The molecule has 1 unspecified atom stereocenters. The van der Waals surface area contributed by atoms with Crippen LogP contribution in [0.2, 0.25) is 0 Å². The molecule has 2 aliphatic rings. The second-order valence-corrected chi connectivity index (χ2v) is 7.65. The molecule has 1 fully saturated rings. The van der Waals surface area contributed by atoms with Crippen LogP contribution in [0, 0.1) is 6.92 Å². The van der Waals surface area contributed by atoms with Crippen molar-refractivity contribution in [1.82, 2.24) is 4.90 Å². The summed E-state index contributed by atoms with van der Waals surface area (Å²) in [5.74, 6) is 0.627. The van der Waals surface area contributed by atoms with Gasteiger partial charge in [-0.05, 0) is 55.8 Å². The van der Waals surface area contributed by atoms with E-state index in [0.717, 1.165) is 24.2 Å². The third-order valence-electron chi connectivity index (χ3n) is 5.85. The van der Waals surface area contributed by atoms with Crippen LogP contribution in [0.3, 0.4) is 0 Å². The van der Waals surface area contributed by atoms with Crippen molar-refractivity contribution in [3.8, 4) is 5.75 Å². The van der Waals surface area contributed by atoms with E-state index in [-0.39, 0.29) is 5.41 Å². The van der Waals surface area contributed by atoms with E-state index in [1.165, 1.54) is 11.3 Å². The standard InChI is InChI=1S/C21H25N3O2/c1-14-12-17-16(21(2)10-11-23(3)19(21)24(17)4)13-18(14)26-20(25)22-15-8-6-5-7-9-15/h5-9,12-13,19H,10-11H2,1-4H3,(H,22,25)/t19?,21-/m0/s1. The number of benzene rings is 2. The fourth-order valence-corrected chi connectivity index (χ4v) is 4.57. The number of carbonyl (C=O) groups is 1. The third-order valence-corrected chi connectivity index (χ3v) is 5.85. The van der Waals surface area contributed by atoms with Gasteiger partial charge in [0.15, 0.2) is 0 Å². The average molecular weight is 351 g/mol. The first-order valence-electron chi connectivity index (χ1n) is 9.02. The normalized spacial score (nSPS) is 24.3. The lowest BCUT2D eigenvalue weighted by Gasteiger charge is -2.32. The quantitative estimate of drug-likeness (QED) is 0.889. The Morgan fingerprint density at radius 2 is 1.96 bits per heavy atom. The van der Waals surface area contributed by atoms with Crippen molar-refractivity contribution in [2.24, 2.45) is 0 Å². The van der Waals surface area contributed by atoms with Crippen LogP contribution < -0.4 is 15.0 Å². The fourth-order valence-electron chi connectivity index (χ4n) is 4.57. The molecule has 26 heavy (non-hydrogen) atoms. The molecule has 0 saturated carbocycles. The Bertz CT molecular complexity index is 852. The van der Waals surface area contributed by atoms with Gasteiger partial charge in [0.2, 0.25) is 0 Å². The number of amides is 1. The maximum absolute atomic E-state index is 12.3. The largest absolute Gasteiger partial charge is 0.417 e. The molecular formula is C21H25N3O2. The molecule has 2 aromatic carbocycles. The Morgan fingerprint density at radius 3 is 2.69 bits per heavy atom. The first kappa shape index (κ1) is 16.9. The van der Waals surface area contributed by atoms with Gasteiger partial charge in [0.1, 0.15) is 5.75 Å². The molecule has 5 heteroatoms. The van der Waals surface area contributed by atoms with Crippen molar-refractivity contribution in [3.63, 3.8) is 0 Å². The summed E-state index contributed by atoms with van der Waals surface area (Å²) in [5, 5.41) is 2.78. The molecule has 0 bridgehead atoms. The molecular weight excluding hydrogens is 326 g/mol. The number of fused-ring (bicyclic) bond motifs is 3. The maximum Gasteiger partial charge on any atom is 0.417 e. The number of likely N-dealkylation sites (tertiary alicyclic amines) is 1. The van der Waals surface area contributed by atoms with Crippen molar-refractivity contribution >= 4 is 17.5 Å². The highest BCUT2D eigenvalue weighted by atomic mass is 16.6. The fraction of sp³-hybridized carbons (Fsp3) is 0.381. The van der Waals surface area contributed by atoms with Crippen molar-refractivity contribution in [2.45, 2.75) is 31.8 Å². The van der Waals surface area contributed by atoms with Crippen LogP contribution in [0.5, 0.6) is 5.75 Å². The van der Waals surface area contributed by atoms with Gasteiger partial charge >= 0.3 is 6.09 Å². The Labute approximate surface area is 154 Å². The van der Waals surface area contributed by atoms with Gasteiger partial charge < -0.3 is 9.64 Å². The zero-order valence-corrected chi connectivity index (χ0v) is 15.7. The van der Waals surface area contributed by atoms with E-state index in [1.807, 2.05) is 37.3 Å². The molecule has 2 aromatic rings. The van der Waals surface area contributed by atoms with E-state index in [1.54, 1.807) is 0 Å². The van der Waals surface area contributed by atoms with Crippen LogP contribution in [0.15, 0.2) is 42.5 Å². The molecule has 2 aliphatic heterocycles. The van der Waals surface area contributed by atoms with Crippen LogP contribution in [-0.2, 0) is 5.41 Å². The van der Waals surface area contributed by atoms with Gasteiger partial charge in [-0.15, -0.1) is 0 Å². The third kappa shape index (κ3) is 2.54. The van der Waals surface area contributed by atoms with Gasteiger partial charge in [-0.25, -0.2) is 4.79 Å². The average Bonchev–Trinajstić information content (AvgIpc) is 3.02.